The highest BCUT2D eigenvalue weighted by molar-refractivity contribution is 7.25. The molecule has 1 heterocycles. The molecule has 0 aliphatic carbocycles. The lowest BCUT2D eigenvalue weighted by Crippen LogP contribution is -2.10. The monoisotopic (exact) mass is 679 g/mol. The first-order valence-corrected chi connectivity index (χ1v) is 18.6. The van der Waals surface area contributed by atoms with E-state index >= 15 is 0 Å². The molecule has 0 saturated carbocycles. The van der Waals surface area contributed by atoms with Crippen LogP contribution in [0.3, 0.4) is 0 Å². The van der Waals surface area contributed by atoms with Crippen LogP contribution in [0.25, 0.3) is 75.1 Å². The highest BCUT2D eigenvalue weighted by Gasteiger charge is 2.17. The maximum absolute atomic E-state index is 2.40. The van der Waals surface area contributed by atoms with Crippen LogP contribution >= 0.6 is 11.3 Å². The minimum absolute atomic E-state index is 1.11. The van der Waals surface area contributed by atoms with Crippen LogP contribution in [-0.2, 0) is 0 Å². The fourth-order valence-corrected chi connectivity index (χ4v) is 8.96. The fraction of sp³-hybridized carbons (Fsp3) is 0. The molecule has 0 saturated heterocycles. The molecule has 0 amide bonds. The van der Waals surface area contributed by atoms with Gasteiger partial charge in [-0.15, -0.1) is 11.3 Å². The zero-order chi connectivity index (χ0) is 34.4. The lowest BCUT2D eigenvalue weighted by atomic mass is 9.96. The topological polar surface area (TPSA) is 3.24 Å². The summed E-state index contributed by atoms with van der Waals surface area (Å²) in [4.78, 5) is 2.40. The molecule has 52 heavy (non-hydrogen) atoms. The molecule has 1 nitrogen and oxygen atoms in total. The van der Waals surface area contributed by atoms with E-state index in [0.29, 0.717) is 0 Å². The normalized spacial score (nSPS) is 11.5. The Morgan fingerprint density at radius 1 is 0.308 bits per heavy atom. The van der Waals surface area contributed by atoms with E-state index in [1.807, 2.05) is 11.3 Å². The lowest BCUT2D eigenvalue weighted by molar-refractivity contribution is 1.28. The second kappa shape index (κ2) is 12.7. The molecule has 0 atom stereocenters. The minimum atomic E-state index is 1.11. The average Bonchev–Trinajstić information content (AvgIpc) is 3.60. The molecule has 10 rings (SSSR count). The van der Waals surface area contributed by atoms with Crippen molar-refractivity contribution in [2.45, 2.75) is 0 Å². The summed E-state index contributed by atoms with van der Waals surface area (Å²) >= 11 is 1.86. The van der Waals surface area contributed by atoms with Crippen molar-refractivity contribution < 1.29 is 0 Å². The summed E-state index contributed by atoms with van der Waals surface area (Å²) < 4.78 is 2.63. The highest BCUT2D eigenvalue weighted by atomic mass is 32.1. The quantitative estimate of drug-likeness (QED) is 0.169. The minimum Gasteiger partial charge on any atom is -0.310 e. The first-order valence-electron chi connectivity index (χ1n) is 17.8. The number of fused-ring (bicyclic) bond motifs is 5. The van der Waals surface area contributed by atoms with E-state index in [2.05, 4.69) is 205 Å². The van der Waals surface area contributed by atoms with Gasteiger partial charge in [-0.3, -0.25) is 0 Å². The van der Waals surface area contributed by atoms with Gasteiger partial charge in [0.25, 0.3) is 0 Å². The van der Waals surface area contributed by atoms with E-state index in [1.165, 1.54) is 75.1 Å². The molecule has 244 valence electrons. The maximum Gasteiger partial charge on any atom is 0.0467 e. The summed E-state index contributed by atoms with van der Waals surface area (Å²) in [5.74, 6) is 0. The molecule has 10 aromatic rings. The number of benzene rings is 9. The predicted octanol–water partition coefficient (Wildman–Crippen LogP) is 14.8. The fourth-order valence-electron chi connectivity index (χ4n) is 7.83. The SMILES string of the molecule is c1cc(-c2cccc3ccccc23)cc(N(c2ccc(-c3cccc4ccccc34)cc2)c2cccc(-c3cccc4sc5ccccc5c34)c2)c1. The molecule has 0 aliphatic rings. The van der Waals surface area contributed by atoms with Crippen LogP contribution in [0.4, 0.5) is 17.1 Å². The summed E-state index contributed by atoms with van der Waals surface area (Å²) in [6.45, 7) is 0. The molecule has 0 fully saturated rings. The van der Waals surface area contributed by atoms with E-state index in [4.69, 9.17) is 0 Å². The number of hydrogen-bond donors (Lipinski definition) is 0. The third-order valence-corrected chi connectivity index (χ3v) is 11.4. The largest absolute Gasteiger partial charge is 0.310 e. The standard InChI is InChI=1S/C50H33NS/c1-3-20-42-34(12-1)14-9-23-44(42)36-28-30-39(31-29-36)51(40-18-7-16-37(32-40)45-24-10-15-35-13-2-4-21-43(35)45)41-19-8-17-38(33-41)46-25-11-27-49-50(46)47-22-5-6-26-48(47)52-49/h1-33H. The van der Waals surface area contributed by atoms with Crippen molar-refractivity contribution in [1.82, 2.24) is 0 Å². The van der Waals surface area contributed by atoms with Crippen molar-refractivity contribution in [3.05, 3.63) is 200 Å². The molecule has 0 bridgehead atoms. The van der Waals surface area contributed by atoms with E-state index in [9.17, 15) is 0 Å². The van der Waals surface area contributed by atoms with Crippen LogP contribution in [-0.4, -0.2) is 0 Å². The summed E-state index contributed by atoms with van der Waals surface area (Å²) in [5.41, 5.74) is 10.7. The second-order valence-corrected chi connectivity index (χ2v) is 14.4. The van der Waals surface area contributed by atoms with Gasteiger partial charge in [-0.05, 0) is 103 Å². The molecule has 9 aromatic carbocycles. The van der Waals surface area contributed by atoms with Crippen molar-refractivity contribution in [1.29, 1.82) is 0 Å². The van der Waals surface area contributed by atoms with E-state index in [-0.39, 0.29) is 0 Å². The van der Waals surface area contributed by atoms with Crippen molar-refractivity contribution in [2.24, 2.45) is 0 Å². The van der Waals surface area contributed by atoms with Crippen LogP contribution in [0.5, 0.6) is 0 Å². The smallest absolute Gasteiger partial charge is 0.0467 e. The lowest BCUT2D eigenvalue weighted by Gasteiger charge is -2.27. The Bertz CT molecular complexity index is 2910. The van der Waals surface area contributed by atoms with Gasteiger partial charge in [0, 0.05) is 37.2 Å². The van der Waals surface area contributed by atoms with Gasteiger partial charge in [-0.1, -0.05) is 152 Å². The van der Waals surface area contributed by atoms with Gasteiger partial charge in [0.05, 0.1) is 0 Å². The molecular weight excluding hydrogens is 647 g/mol. The van der Waals surface area contributed by atoms with Gasteiger partial charge in [0.2, 0.25) is 0 Å². The molecule has 0 radical (unpaired) electrons. The average molecular weight is 680 g/mol. The zero-order valence-corrected chi connectivity index (χ0v) is 29.2. The van der Waals surface area contributed by atoms with Crippen molar-refractivity contribution in [3.8, 4) is 33.4 Å². The number of rotatable bonds is 6. The van der Waals surface area contributed by atoms with Crippen LogP contribution in [0.1, 0.15) is 0 Å². The molecule has 0 unspecified atom stereocenters. The summed E-state index contributed by atoms with van der Waals surface area (Å²) in [6, 6.07) is 73.0. The zero-order valence-electron chi connectivity index (χ0n) is 28.4. The molecule has 0 spiro atoms. The Morgan fingerprint density at radius 2 is 0.788 bits per heavy atom. The Hall–Kier alpha value is -6.48. The van der Waals surface area contributed by atoms with Crippen molar-refractivity contribution >= 4 is 70.1 Å². The Labute approximate surface area is 307 Å². The number of hydrogen-bond acceptors (Lipinski definition) is 2. The van der Waals surface area contributed by atoms with Crippen LogP contribution in [0.15, 0.2) is 200 Å². The van der Waals surface area contributed by atoms with Gasteiger partial charge < -0.3 is 4.90 Å². The van der Waals surface area contributed by atoms with E-state index in [0.717, 1.165) is 17.1 Å². The van der Waals surface area contributed by atoms with Crippen molar-refractivity contribution in [2.75, 3.05) is 4.90 Å². The van der Waals surface area contributed by atoms with E-state index < -0.39 is 0 Å². The Balaban J connectivity index is 1.14. The van der Waals surface area contributed by atoms with Crippen LogP contribution in [0, 0.1) is 0 Å². The first-order chi connectivity index (χ1) is 25.8. The van der Waals surface area contributed by atoms with Gasteiger partial charge in [-0.2, -0.15) is 0 Å². The van der Waals surface area contributed by atoms with Gasteiger partial charge >= 0.3 is 0 Å². The Morgan fingerprint density at radius 3 is 1.46 bits per heavy atom. The first kappa shape index (κ1) is 30.4. The number of anilines is 3. The molecule has 0 aliphatic heterocycles. The van der Waals surface area contributed by atoms with E-state index in [1.54, 1.807) is 0 Å². The van der Waals surface area contributed by atoms with Gasteiger partial charge in [-0.25, -0.2) is 0 Å². The van der Waals surface area contributed by atoms with Crippen LogP contribution in [0.2, 0.25) is 0 Å². The van der Waals surface area contributed by atoms with Gasteiger partial charge in [0.1, 0.15) is 0 Å². The second-order valence-electron chi connectivity index (χ2n) is 13.3. The predicted molar refractivity (Wildman–Crippen MR) is 225 cm³/mol. The highest BCUT2D eigenvalue weighted by Crippen LogP contribution is 2.43. The number of thiophene rings is 1. The molecular formula is C50H33NS. The molecule has 2 heteroatoms. The van der Waals surface area contributed by atoms with Crippen molar-refractivity contribution in [3.63, 3.8) is 0 Å². The number of nitrogens with zero attached hydrogens (tertiary/aromatic N) is 1. The molecule has 0 N–H and O–H groups in total. The van der Waals surface area contributed by atoms with Crippen LogP contribution < -0.4 is 4.90 Å². The third kappa shape index (κ3) is 5.24. The van der Waals surface area contributed by atoms with Gasteiger partial charge in [0.15, 0.2) is 0 Å². The maximum atomic E-state index is 2.40. The summed E-state index contributed by atoms with van der Waals surface area (Å²) in [5, 5.41) is 7.65. The Kier molecular flexibility index (Phi) is 7.41. The molecule has 1 aromatic heterocycles. The third-order valence-electron chi connectivity index (χ3n) is 10.2. The summed E-state index contributed by atoms with van der Waals surface area (Å²) in [6.07, 6.45) is 0. The summed E-state index contributed by atoms with van der Waals surface area (Å²) in [7, 11) is 0.